The molecule has 0 radical (unpaired) electrons. The van der Waals surface area contributed by atoms with Gasteiger partial charge in [-0.1, -0.05) is 23.3 Å². The van der Waals surface area contributed by atoms with E-state index < -0.39 is 11.8 Å². The Balaban J connectivity index is 2.76. The molecule has 19 heavy (non-hydrogen) atoms. The van der Waals surface area contributed by atoms with Crippen molar-refractivity contribution in [2.24, 2.45) is 0 Å². The Bertz CT molecular complexity index is 529. The number of nitrogens with zero attached hydrogens (tertiary/aromatic N) is 1. The predicted molar refractivity (Wildman–Crippen MR) is 82.8 cm³/mol. The number of anilines is 1. The topological polar surface area (TPSA) is 49.4 Å². The van der Waals surface area contributed by atoms with Gasteiger partial charge in [0, 0.05) is 12.7 Å². The highest BCUT2D eigenvalue weighted by Gasteiger charge is 2.19. The van der Waals surface area contributed by atoms with Gasteiger partial charge in [-0.15, -0.1) is 9.45 Å². The zero-order chi connectivity index (χ0) is 14.6. The molecule has 0 saturated carbocycles. The molecule has 0 aliphatic rings. The van der Waals surface area contributed by atoms with Gasteiger partial charge >= 0.3 is 11.8 Å². The first-order chi connectivity index (χ1) is 8.81. The van der Waals surface area contributed by atoms with Crippen molar-refractivity contribution in [1.82, 2.24) is 4.90 Å². The highest BCUT2D eigenvalue weighted by Crippen LogP contribution is 2.16. The molecule has 0 spiro atoms. The molecule has 1 aromatic rings. The first-order valence-corrected chi connectivity index (χ1v) is 8.47. The third-order valence-corrected chi connectivity index (χ3v) is 3.62. The van der Waals surface area contributed by atoms with Crippen LogP contribution >= 0.6 is 0 Å². The Morgan fingerprint density at radius 2 is 2.00 bits per heavy atom. The molecule has 1 atom stereocenters. The normalized spacial score (nSPS) is 11.8. The molecule has 0 aliphatic heterocycles. The smallest absolute Gasteiger partial charge is 0.313 e. The van der Waals surface area contributed by atoms with Crippen LogP contribution in [0.25, 0.3) is 0 Å². The zero-order valence-corrected chi connectivity index (χ0v) is 13.2. The van der Waals surface area contributed by atoms with Crippen LogP contribution in [-0.4, -0.2) is 35.9 Å². The summed E-state index contributed by atoms with van der Waals surface area (Å²) in [6.07, 6.45) is 1.85. The molecule has 0 fully saturated rings. The minimum absolute atomic E-state index is 0.329. The van der Waals surface area contributed by atoms with E-state index in [-0.39, 0.29) is 9.45 Å². The van der Waals surface area contributed by atoms with E-state index in [1.54, 1.807) is 7.05 Å². The molecule has 0 heterocycles. The highest BCUT2D eigenvalue weighted by atomic mass is 32.8. The fraction of sp³-hybridized carbons (Fsp3) is 0.385. The van der Waals surface area contributed by atoms with Crippen LogP contribution in [-0.2, 0) is 30.2 Å². The van der Waals surface area contributed by atoms with Gasteiger partial charge in [-0.3, -0.25) is 9.59 Å². The van der Waals surface area contributed by atoms with E-state index in [2.05, 4.69) is 5.32 Å². The van der Waals surface area contributed by atoms with Crippen molar-refractivity contribution < 1.29 is 9.59 Å². The highest BCUT2D eigenvalue weighted by molar-refractivity contribution is 8.28. The molecule has 1 aromatic carbocycles. The fourth-order valence-electron chi connectivity index (χ4n) is 1.55. The summed E-state index contributed by atoms with van der Waals surface area (Å²) in [6.45, 7) is 3.82. The van der Waals surface area contributed by atoms with Crippen LogP contribution in [0.4, 0.5) is 5.69 Å². The van der Waals surface area contributed by atoms with Crippen molar-refractivity contribution in [2.75, 3.05) is 24.5 Å². The van der Waals surface area contributed by atoms with E-state index >= 15 is 0 Å². The molecule has 0 aliphatic carbocycles. The van der Waals surface area contributed by atoms with Crippen molar-refractivity contribution in [1.29, 1.82) is 0 Å². The monoisotopic (exact) mass is 298 g/mol. The predicted octanol–water partition coefficient (Wildman–Crippen LogP) is 1.37. The summed E-state index contributed by atoms with van der Waals surface area (Å²) < 4.78 is 0. The summed E-state index contributed by atoms with van der Waals surface area (Å²) in [4.78, 5) is 25.1. The first-order valence-electron chi connectivity index (χ1n) is 5.75. The van der Waals surface area contributed by atoms with Gasteiger partial charge in [-0.25, -0.2) is 0 Å². The second-order valence-corrected chi connectivity index (χ2v) is 7.59. The van der Waals surface area contributed by atoms with Crippen molar-refractivity contribution in [3.63, 3.8) is 0 Å². The number of hydrogen-bond acceptors (Lipinski definition) is 3. The Kier molecular flexibility index (Phi) is 5.62. The molecule has 1 unspecified atom stereocenters. The number of amides is 2. The second kappa shape index (κ2) is 6.77. The van der Waals surface area contributed by atoms with Gasteiger partial charge in [0.15, 0.2) is 0 Å². The quantitative estimate of drug-likeness (QED) is 0.858. The largest absolute Gasteiger partial charge is 0.328 e. The van der Waals surface area contributed by atoms with Crippen LogP contribution in [0.3, 0.4) is 0 Å². The molecule has 104 valence electrons. The maximum atomic E-state index is 11.9. The van der Waals surface area contributed by atoms with Crippen molar-refractivity contribution in [3.8, 4) is 0 Å². The lowest BCUT2D eigenvalue weighted by Gasteiger charge is -2.16. The Morgan fingerprint density at radius 1 is 1.37 bits per heavy atom. The maximum absolute atomic E-state index is 11.9. The van der Waals surface area contributed by atoms with Gasteiger partial charge in [0.05, 0.1) is 5.88 Å². The molecule has 1 N–H and O–H groups in total. The third kappa shape index (κ3) is 4.72. The minimum Gasteiger partial charge on any atom is -0.328 e. The van der Waals surface area contributed by atoms with Gasteiger partial charge in [0.2, 0.25) is 0 Å². The number of carbonyl (C=O) groups excluding carboxylic acids is 2. The fourth-order valence-corrected chi connectivity index (χ4v) is 2.69. The molecule has 2 amide bonds. The van der Waals surface area contributed by atoms with Crippen molar-refractivity contribution >= 4 is 38.1 Å². The standard InChI is InChI=1S/C13H18N2O2S2/c1-9-5-6-10(2)11(7-9)14-12(16)13(17)15(3)8-19(4)18/h5-7H,8H2,1-4H3,(H,14,16). The minimum atomic E-state index is -0.628. The Labute approximate surface area is 120 Å². The summed E-state index contributed by atoms with van der Waals surface area (Å²) in [5.74, 6) is -0.782. The second-order valence-electron chi connectivity index (χ2n) is 4.48. The molecule has 0 aromatic heterocycles. The summed E-state index contributed by atoms with van der Waals surface area (Å²) in [5, 5.41) is 2.64. The molecular formula is C13H18N2O2S2. The SMILES string of the molecule is Cc1ccc(C)c(NC(=O)C(=O)N(C)CS(C)=S)c1. The van der Waals surface area contributed by atoms with E-state index in [0.29, 0.717) is 11.6 Å². The number of benzene rings is 1. The summed E-state index contributed by atoms with van der Waals surface area (Å²) in [5.41, 5.74) is 2.62. The summed E-state index contributed by atoms with van der Waals surface area (Å²) >= 11 is 5.03. The van der Waals surface area contributed by atoms with Gasteiger partial charge in [0.25, 0.3) is 0 Å². The number of aryl methyl sites for hydroxylation is 2. The van der Waals surface area contributed by atoms with Gasteiger partial charge in [-0.05, 0) is 37.3 Å². The summed E-state index contributed by atoms with van der Waals surface area (Å²) in [6, 6.07) is 5.71. The van der Waals surface area contributed by atoms with E-state index in [0.717, 1.165) is 11.1 Å². The lowest BCUT2D eigenvalue weighted by Crippen LogP contribution is -2.38. The average molecular weight is 298 g/mol. The number of nitrogens with one attached hydrogen (secondary N) is 1. The van der Waals surface area contributed by atoms with Crippen molar-refractivity contribution in [2.45, 2.75) is 13.8 Å². The van der Waals surface area contributed by atoms with Crippen molar-refractivity contribution in [3.05, 3.63) is 29.3 Å². The molecule has 4 nitrogen and oxygen atoms in total. The summed E-state index contributed by atoms with van der Waals surface area (Å²) in [7, 11) is 1.26. The molecule has 6 heteroatoms. The first kappa shape index (κ1) is 15.8. The number of hydrogen-bond donors (Lipinski definition) is 1. The molecule has 1 rings (SSSR count). The van der Waals surface area contributed by atoms with Crippen LogP contribution < -0.4 is 5.32 Å². The third-order valence-electron chi connectivity index (χ3n) is 2.56. The van der Waals surface area contributed by atoms with Crippen LogP contribution in [0.5, 0.6) is 0 Å². The van der Waals surface area contributed by atoms with E-state index in [4.69, 9.17) is 11.2 Å². The zero-order valence-electron chi connectivity index (χ0n) is 11.5. The lowest BCUT2D eigenvalue weighted by atomic mass is 10.1. The number of carbonyl (C=O) groups is 2. The number of rotatable bonds is 3. The molecule has 0 bridgehead atoms. The van der Waals surface area contributed by atoms with Crippen LogP contribution in [0.2, 0.25) is 0 Å². The average Bonchev–Trinajstić information content (AvgIpc) is 2.31. The van der Waals surface area contributed by atoms with E-state index in [1.807, 2.05) is 38.3 Å². The van der Waals surface area contributed by atoms with Crippen LogP contribution in [0.1, 0.15) is 11.1 Å². The lowest BCUT2D eigenvalue weighted by molar-refractivity contribution is -0.141. The van der Waals surface area contributed by atoms with Crippen LogP contribution in [0.15, 0.2) is 18.2 Å². The van der Waals surface area contributed by atoms with Gasteiger partial charge < -0.3 is 10.2 Å². The molecule has 0 saturated heterocycles. The van der Waals surface area contributed by atoms with Crippen LogP contribution in [0, 0.1) is 13.8 Å². The van der Waals surface area contributed by atoms with E-state index in [1.165, 1.54) is 4.90 Å². The van der Waals surface area contributed by atoms with Gasteiger partial charge in [0.1, 0.15) is 0 Å². The maximum Gasteiger partial charge on any atom is 0.313 e. The molecular weight excluding hydrogens is 280 g/mol. The Morgan fingerprint density at radius 3 is 2.58 bits per heavy atom. The Hall–Kier alpha value is -1.27. The number of likely N-dealkylation sites (N-methyl/N-ethyl adjacent to an activating group) is 1. The van der Waals surface area contributed by atoms with E-state index in [9.17, 15) is 9.59 Å². The van der Waals surface area contributed by atoms with Gasteiger partial charge in [-0.2, -0.15) is 0 Å².